The van der Waals surface area contributed by atoms with Gasteiger partial charge in [0.1, 0.15) is 11.5 Å². The molecule has 136 valence electrons. The maximum Gasteiger partial charge on any atom is 1.00 e. The molecule has 0 spiro atoms. The normalized spacial score (nSPS) is 11.0. The van der Waals surface area contributed by atoms with Crippen LogP contribution >= 0.6 is 0 Å². The van der Waals surface area contributed by atoms with Crippen LogP contribution in [0.15, 0.2) is 47.4 Å². The fraction of sp³-hybridized carbons (Fsp3) is 0.368. The third kappa shape index (κ3) is 6.93. The van der Waals surface area contributed by atoms with Crippen LogP contribution in [0.3, 0.4) is 0 Å². The molecular weight excluding hydrogens is 363 g/mol. The van der Waals surface area contributed by atoms with Crippen LogP contribution in [0.1, 0.15) is 44.6 Å². The van der Waals surface area contributed by atoms with Crippen molar-refractivity contribution in [2.45, 2.75) is 50.3 Å². The van der Waals surface area contributed by atoms with Crippen LogP contribution in [-0.2, 0) is 16.5 Å². The summed E-state index contributed by atoms with van der Waals surface area (Å²) in [5.41, 5.74) is 0.407. The maximum atomic E-state index is 12.2. The molecule has 2 aromatic carbocycles. The minimum Gasteiger partial charge on any atom is -0.870 e. The van der Waals surface area contributed by atoms with Gasteiger partial charge in [-0.3, -0.25) is 4.55 Å². The summed E-state index contributed by atoms with van der Waals surface area (Å²) >= 11 is 0. The molecule has 0 heterocycles. The smallest absolute Gasteiger partial charge is 0.870 e. The molecule has 1 N–H and O–H groups in total. The molecular formula is C19H23NaO5S. The predicted molar refractivity (Wildman–Crippen MR) is 94.7 cm³/mol. The van der Waals surface area contributed by atoms with Gasteiger partial charge in [-0.15, -0.1) is 0 Å². The molecule has 5 nitrogen and oxygen atoms in total. The van der Waals surface area contributed by atoms with Crippen LogP contribution in [0, 0.1) is 0 Å². The van der Waals surface area contributed by atoms with Crippen LogP contribution in [0.4, 0.5) is 0 Å². The molecule has 7 heteroatoms. The molecule has 0 saturated heterocycles. The number of hydrogen-bond acceptors (Lipinski definition) is 4. The second-order valence-corrected chi connectivity index (χ2v) is 7.35. The third-order valence-corrected chi connectivity index (χ3v) is 4.86. The van der Waals surface area contributed by atoms with Crippen molar-refractivity contribution in [2.75, 3.05) is 0 Å². The Morgan fingerprint density at radius 2 is 1.69 bits per heavy atom. The molecule has 0 saturated carbocycles. The summed E-state index contributed by atoms with van der Waals surface area (Å²) in [7, 11) is -4.45. The molecule has 26 heavy (non-hydrogen) atoms. The zero-order valence-electron chi connectivity index (χ0n) is 15.3. The van der Waals surface area contributed by atoms with Gasteiger partial charge in [-0.25, -0.2) is 0 Å². The standard InChI is InChI=1S/C19H24O5S.Na/c1-2-3-4-5-7-10-15-13-18(24-16-11-8-6-9-12-16)17(20)14-19(15)25(21,22)23;/h6,8-9,11-14,20H,2-5,7,10H2,1H3,(H,21,22,23);/q;+1/p-1. The van der Waals surface area contributed by atoms with E-state index in [0.29, 0.717) is 17.7 Å². The zero-order chi connectivity index (χ0) is 18.3. The Labute approximate surface area is 177 Å². The van der Waals surface area contributed by atoms with E-state index in [1.54, 1.807) is 24.3 Å². The van der Waals surface area contributed by atoms with E-state index in [1.165, 1.54) is 6.07 Å². The Morgan fingerprint density at radius 3 is 2.31 bits per heavy atom. The topological polar surface area (TPSA) is 86.7 Å². The van der Waals surface area contributed by atoms with Crippen molar-refractivity contribution in [3.63, 3.8) is 0 Å². The molecule has 0 fully saturated rings. The average molecular weight is 386 g/mol. The number of aryl methyl sites for hydroxylation is 1. The van der Waals surface area contributed by atoms with Crippen LogP contribution < -0.4 is 39.4 Å². The van der Waals surface area contributed by atoms with Gasteiger partial charge in [0.05, 0.1) is 4.90 Å². The monoisotopic (exact) mass is 386 g/mol. The number of benzene rings is 2. The second-order valence-electron chi connectivity index (χ2n) is 5.96. The molecule has 0 atom stereocenters. The summed E-state index contributed by atoms with van der Waals surface area (Å²) in [5.74, 6) is -0.0264. The average Bonchev–Trinajstić information content (AvgIpc) is 2.57. The van der Waals surface area contributed by atoms with Gasteiger partial charge in [0.25, 0.3) is 10.1 Å². The molecule has 0 aliphatic carbocycles. The molecule has 2 aromatic rings. The zero-order valence-corrected chi connectivity index (χ0v) is 18.1. The Bertz CT molecular complexity index is 791. The first kappa shape index (κ1) is 23.0. The van der Waals surface area contributed by atoms with E-state index in [-0.39, 0.29) is 40.2 Å². The van der Waals surface area contributed by atoms with E-state index in [0.717, 1.165) is 38.2 Å². The van der Waals surface area contributed by atoms with Crippen molar-refractivity contribution in [1.82, 2.24) is 0 Å². The first-order valence-electron chi connectivity index (χ1n) is 8.46. The van der Waals surface area contributed by atoms with Gasteiger partial charge in [0.15, 0.2) is 0 Å². The Hall–Kier alpha value is -1.05. The van der Waals surface area contributed by atoms with E-state index in [2.05, 4.69) is 6.92 Å². The Morgan fingerprint density at radius 1 is 1.04 bits per heavy atom. The summed E-state index contributed by atoms with van der Waals surface area (Å²) in [5, 5.41) is 12.2. The van der Waals surface area contributed by atoms with Gasteiger partial charge in [-0.1, -0.05) is 56.6 Å². The molecule has 0 aliphatic heterocycles. The molecule has 0 bridgehead atoms. The SMILES string of the molecule is CCCCCCCc1cc(Oc2ccccc2)c([O-])cc1S(=O)(=O)O.[Na+]. The molecule has 2 rings (SSSR count). The molecule has 0 radical (unpaired) electrons. The molecule has 0 unspecified atom stereocenters. The van der Waals surface area contributed by atoms with Gasteiger partial charge >= 0.3 is 29.6 Å². The van der Waals surface area contributed by atoms with Crippen molar-refractivity contribution in [3.8, 4) is 17.2 Å². The number of para-hydroxylation sites is 1. The van der Waals surface area contributed by atoms with Crippen LogP contribution in [-0.4, -0.2) is 13.0 Å². The van der Waals surface area contributed by atoms with Crippen molar-refractivity contribution < 1.29 is 52.4 Å². The van der Waals surface area contributed by atoms with E-state index in [4.69, 9.17) is 4.74 Å². The Balaban J connectivity index is 0.00000338. The van der Waals surface area contributed by atoms with E-state index < -0.39 is 15.9 Å². The van der Waals surface area contributed by atoms with Crippen LogP contribution in [0.25, 0.3) is 0 Å². The van der Waals surface area contributed by atoms with Gasteiger partial charge in [-0.05, 0) is 42.7 Å². The van der Waals surface area contributed by atoms with E-state index >= 15 is 0 Å². The summed E-state index contributed by atoms with van der Waals surface area (Å²) in [6, 6.07) is 11.2. The van der Waals surface area contributed by atoms with Crippen molar-refractivity contribution in [2.24, 2.45) is 0 Å². The Kier molecular flexibility index (Phi) is 9.68. The largest absolute Gasteiger partial charge is 1.00 e. The molecule has 0 aliphatic rings. The second kappa shape index (κ2) is 10.9. The van der Waals surface area contributed by atoms with Crippen LogP contribution in [0.5, 0.6) is 17.2 Å². The number of rotatable bonds is 9. The van der Waals surface area contributed by atoms with Crippen LogP contribution in [0.2, 0.25) is 0 Å². The first-order chi connectivity index (χ1) is 11.9. The van der Waals surface area contributed by atoms with Gasteiger partial charge in [0.2, 0.25) is 0 Å². The molecule has 0 amide bonds. The quantitative estimate of drug-likeness (QED) is 0.399. The van der Waals surface area contributed by atoms with Gasteiger partial charge in [0, 0.05) is 0 Å². The third-order valence-electron chi connectivity index (χ3n) is 3.93. The van der Waals surface area contributed by atoms with Crippen molar-refractivity contribution in [3.05, 3.63) is 48.0 Å². The maximum absolute atomic E-state index is 12.2. The predicted octanol–water partition coefficient (Wildman–Crippen LogP) is 1.32. The minimum absolute atomic E-state index is 0. The first-order valence-corrected chi connectivity index (χ1v) is 9.90. The van der Waals surface area contributed by atoms with E-state index in [9.17, 15) is 18.1 Å². The fourth-order valence-corrected chi connectivity index (χ4v) is 3.38. The van der Waals surface area contributed by atoms with Gasteiger partial charge in [-0.2, -0.15) is 8.42 Å². The fourth-order valence-electron chi connectivity index (χ4n) is 2.63. The summed E-state index contributed by atoms with van der Waals surface area (Å²) < 4.78 is 38.2. The number of hydrogen-bond donors (Lipinski definition) is 1. The summed E-state index contributed by atoms with van der Waals surface area (Å²) in [6.45, 7) is 2.12. The minimum atomic E-state index is -4.45. The summed E-state index contributed by atoms with van der Waals surface area (Å²) in [4.78, 5) is -0.326. The van der Waals surface area contributed by atoms with Crippen molar-refractivity contribution in [1.29, 1.82) is 0 Å². The number of unbranched alkanes of at least 4 members (excludes halogenated alkanes) is 4. The van der Waals surface area contributed by atoms with Gasteiger partial charge < -0.3 is 9.84 Å². The molecule has 0 aromatic heterocycles. The summed E-state index contributed by atoms with van der Waals surface area (Å²) in [6.07, 6.45) is 5.54. The number of ether oxygens (including phenoxy) is 1. The van der Waals surface area contributed by atoms with E-state index in [1.807, 2.05) is 6.07 Å². The van der Waals surface area contributed by atoms with Crippen molar-refractivity contribution >= 4 is 10.1 Å².